The zero-order chi connectivity index (χ0) is 17.0. The minimum absolute atomic E-state index is 0. The monoisotopic (exact) mass is 516 g/mol. The number of hydrogen-bond donors (Lipinski definition) is 0. The van der Waals surface area contributed by atoms with Crippen molar-refractivity contribution >= 4 is 17.2 Å². The first-order valence-corrected chi connectivity index (χ1v) is 8.41. The summed E-state index contributed by atoms with van der Waals surface area (Å²) in [6.45, 7) is 6.28. The molecule has 3 aromatic rings. The van der Waals surface area contributed by atoms with E-state index in [1.165, 1.54) is 22.3 Å². The van der Waals surface area contributed by atoms with Gasteiger partial charge in [0.2, 0.25) is 0 Å². The van der Waals surface area contributed by atoms with E-state index >= 15 is 0 Å². The summed E-state index contributed by atoms with van der Waals surface area (Å²) in [6.07, 6.45) is 0. The van der Waals surface area contributed by atoms with Gasteiger partial charge < -0.3 is 9.91 Å². The molecule has 0 bridgehead atoms. The Hall–Kier alpha value is -2.42. The number of hydrazone groups is 1. The van der Waals surface area contributed by atoms with E-state index in [-0.39, 0.29) is 20.1 Å². The van der Waals surface area contributed by atoms with Gasteiger partial charge in [-0.2, -0.15) is 29.4 Å². The maximum Gasteiger partial charge on any atom is 0.127 e. The van der Waals surface area contributed by atoms with E-state index in [2.05, 4.69) is 80.0 Å². The molecule has 0 saturated heterocycles. The van der Waals surface area contributed by atoms with Crippen LogP contribution in [-0.4, -0.2) is 5.84 Å². The van der Waals surface area contributed by atoms with Gasteiger partial charge in [0.25, 0.3) is 0 Å². The third kappa shape index (κ3) is 2.57. The molecule has 2 heterocycles. The molecule has 0 saturated carbocycles. The molecule has 4 heteroatoms. The summed E-state index contributed by atoms with van der Waals surface area (Å²) in [5, 5.41) is 6.86. The van der Waals surface area contributed by atoms with Crippen molar-refractivity contribution in [1.29, 1.82) is 0 Å². The van der Waals surface area contributed by atoms with Crippen molar-refractivity contribution in [3.05, 3.63) is 90.1 Å². The molecule has 3 nitrogen and oxygen atoms in total. The minimum atomic E-state index is 0. The molecule has 5 rings (SSSR count). The molecule has 131 valence electrons. The molecule has 0 N–H and O–H groups in total. The fraction of sp³-hybridized carbons (Fsp3) is 0.0909. The Labute approximate surface area is 167 Å². The van der Waals surface area contributed by atoms with Crippen LogP contribution in [0.3, 0.4) is 0 Å². The Balaban J connectivity index is 0.00000168. The number of hydrogen-bond acceptors (Lipinski definition) is 3. The normalized spacial score (nSPS) is 14.2. The van der Waals surface area contributed by atoms with Gasteiger partial charge in [-0.25, -0.2) is 0 Å². The summed E-state index contributed by atoms with van der Waals surface area (Å²) < 4.78 is 0. The number of fused-ring (bicyclic) bond motifs is 6. The van der Waals surface area contributed by atoms with Crippen molar-refractivity contribution in [3.8, 4) is 11.1 Å². The van der Waals surface area contributed by atoms with Crippen molar-refractivity contribution < 1.29 is 20.1 Å². The molecule has 0 spiro atoms. The topological polar surface area (TPSA) is 18.8 Å². The third-order valence-corrected chi connectivity index (χ3v) is 4.66. The Morgan fingerprint density at radius 3 is 2.35 bits per heavy atom. The number of para-hydroxylation sites is 1. The van der Waals surface area contributed by atoms with E-state index in [4.69, 9.17) is 5.10 Å². The van der Waals surface area contributed by atoms with Crippen molar-refractivity contribution in [2.24, 2.45) is 5.10 Å². The standard InChI is InChI=1S/C22H17N3.Ir/c1-15-11-16(2)13-17(12-15)25-14-24-21-10-6-5-8-19(21)18-7-3-4-9-20(18)22(24)23-25;/h3-9,11-14H,1-2H3;/q-2;. The van der Waals surface area contributed by atoms with E-state index in [1.54, 1.807) is 0 Å². The number of benzene rings is 3. The van der Waals surface area contributed by atoms with Crippen molar-refractivity contribution in [2.45, 2.75) is 13.8 Å². The van der Waals surface area contributed by atoms with Crippen LogP contribution in [0.5, 0.6) is 0 Å². The summed E-state index contributed by atoms with van der Waals surface area (Å²) in [6, 6.07) is 24.5. The Morgan fingerprint density at radius 1 is 0.885 bits per heavy atom. The van der Waals surface area contributed by atoms with Crippen LogP contribution in [0, 0.1) is 26.6 Å². The number of aryl methyl sites for hydroxylation is 2. The zero-order valence-corrected chi connectivity index (χ0v) is 16.9. The number of amidine groups is 1. The predicted octanol–water partition coefficient (Wildman–Crippen LogP) is 4.89. The fourth-order valence-electron chi connectivity index (χ4n) is 3.65. The van der Waals surface area contributed by atoms with Gasteiger partial charge in [0.1, 0.15) is 5.84 Å². The Morgan fingerprint density at radius 2 is 1.58 bits per heavy atom. The molecule has 2 aliphatic rings. The van der Waals surface area contributed by atoms with Gasteiger partial charge in [0.05, 0.1) is 0 Å². The van der Waals surface area contributed by atoms with Gasteiger partial charge >= 0.3 is 0 Å². The first kappa shape index (κ1) is 17.0. The molecule has 0 fully saturated rings. The number of nitrogens with zero attached hydrogens (tertiary/aromatic N) is 3. The zero-order valence-electron chi connectivity index (χ0n) is 14.5. The molecule has 0 aliphatic carbocycles. The molecular weight excluding hydrogens is 498 g/mol. The molecule has 2 aliphatic heterocycles. The molecule has 3 aromatic carbocycles. The average Bonchev–Trinajstić information content (AvgIpc) is 3.07. The largest absolute Gasteiger partial charge is 0.476 e. The van der Waals surface area contributed by atoms with Crippen LogP contribution < -0.4 is 9.91 Å². The molecule has 0 atom stereocenters. The van der Waals surface area contributed by atoms with Gasteiger partial charge in [0, 0.05) is 31.4 Å². The first-order valence-electron chi connectivity index (χ1n) is 8.41. The average molecular weight is 516 g/mol. The second kappa shape index (κ2) is 6.39. The van der Waals surface area contributed by atoms with E-state index in [0.29, 0.717) is 0 Å². The van der Waals surface area contributed by atoms with E-state index in [1.807, 2.05) is 17.1 Å². The van der Waals surface area contributed by atoms with Gasteiger partial charge in [-0.05, 0) is 37.1 Å². The van der Waals surface area contributed by atoms with Crippen molar-refractivity contribution in [3.63, 3.8) is 0 Å². The SMILES string of the molecule is Cc1cc(C)cc(N2[CH-]N3C(=N2)c2ccccc2-c2ccc[c-]c23)c1.[Ir]. The molecule has 1 radical (unpaired) electrons. The van der Waals surface area contributed by atoms with E-state index < -0.39 is 0 Å². The van der Waals surface area contributed by atoms with Crippen LogP contribution in [0.2, 0.25) is 0 Å². The summed E-state index contributed by atoms with van der Waals surface area (Å²) in [7, 11) is 0. The maximum atomic E-state index is 4.90. The van der Waals surface area contributed by atoms with Crippen LogP contribution in [0.1, 0.15) is 16.7 Å². The van der Waals surface area contributed by atoms with Gasteiger partial charge in [0.15, 0.2) is 0 Å². The summed E-state index contributed by atoms with van der Waals surface area (Å²) in [4.78, 5) is 2.13. The molecular formula is C22H17IrN3-2. The molecule has 0 unspecified atom stereocenters. The summed E-state index contributed by atoms with van der Waals surface area (Å²) in [5.41, 5.74) is 8.15. The van der Waals surface area contributed by atoms with Gasteiger partial charge in [-0.15, -0.1) is 12.2 Å². The summed E-state index contributed by atoms with van der Waals surface area (Å²) in [5.74, 6) is 0.949. The van der Waals surface area contributed by atoms with Crippen molar-refractivity contribution in [2.75, 3.05) is 9.91 Å². The van der Waals surface area contributed by atoms with Crippen LogP contribution in [-0.2, 0) is 20.1 Å². The third-order valence-electron chi connectivity index (χ3n) is 4.66. The van der Waals surface area contributed by atoms with E-state index in [9.17, 15) is 0 Å². The second-order valence-corrected chi connectivity index (χ2v) is 6.58. The Kier molecular flexibility index (Phi) is 4.18. The Bertz CT molecular complexity index is 1010. The minimum Gasteiger partial charge on any atom is -0.476 e. The number of anilines is 2. The predicted molar refractivity (Wildman–Crippen MR) is 102 cm³/mol. The smallest absolute Gasteiger partial charge is 0.127 e. The van der Waals surface area contributed by atoms with Crippen LogP contribution in [0.25, 0.3) is 11.1 Å². The first-order chi connectivity index (χ1) is 12.2. The maximum absolute atomic E-state index is 4.90. The molecule has 0 amide bonds. The molecule has 0 aromatic heterocycles. The van der Waals surface area contributed by atoms with Gasteiger partial charge in [-0.1, -0.05) is 41.6 Å². The van der Waals surface area contributed by atoms with Crippen LogP contribution in [0.4, 0.5) is 11.4 Å². The second-order valence-electron chi connectivity index (χ2n) is 6.58. The van der Waals surface area contributed by atoms with Crippen molar-refractivity contribution in [1.82, 2.24) is 0 Å². The quantitative estimate of drug-likeness (QED) is 0.430. The molecule has 26 heavy (non-hydrogen) atoms. The summed E-state index contributed by atoms with van der Waals surface area (Å²) >= 11 is 0. The van der Waals surface area contributed by atoms with E-state index in [0.717, 1.165) is 22.8 Å². The fourth-order valence-corrected chi connectivity index (χ4v) is 3.65. The van der Waals surface area contributed by atoms with Crippen LogP contribution >= 0.6 is 0 Å². The number of rotatable bonds is 1. The van der Waals surface area contributed by atoms with Gasteiger partial charge in [-0.3, -0.25) is 0 Å². The van der Waals surface area contributed by atoms with Crippen LogP contribution in [0.15, 0.2) is 65.8 Å².